The van der Waals surface area contributed by atoms with Crippen LogP contribution in [-0.2, 0) is 20.7 Å². The molecule has 1 aromatic rings. The zero-order chi connectivity index (χ0) is 17.4. The van der Waals surface area contributed by atoms with Crippen molar-refractivity contribution in [2.75, 3.05) is 19.7 Å². The Kier molecular flexibility index (Phi) is 7.45. The van der Waals surface area contributed by atoms with Crippen LogP contribution in [0.1, 0.15) is 26.3 Å². The fourth-order valence-corrected chi connectivity index (χ4v) is 2.17. The molecule has 1 atom stereocenters. The van der Waals surface area contributed by atoms with Gasteiger partial charge in [0.15, 0.2) is 6.61 Å². The van der Waals surface area contributed by atoms with Crippen LogP contribution in [0, 0.1) is 11.7 Å². The second-order valence-corrected chi connectivity index (χ2v) is 5.71. The lowest BCUT2D eigenvalue weighted by Gasteiger charge is -2.21. The van der Waals surface area contributed by atoms with E-state index in [0.29, 0.717) is 19.5 Å². The summed E-state index contributed by atoms with van der Waals surface area (Å²) >= 11 is 0. The predicted molar refractivity (Wildman–Crippen MR) is 87.3 cm³/mol. The van der Waals surface area contributed by atoms with Crippen molar-refractivity contribution in [1.82, 2.24) is 4.90 Å². The quantitative estimate of drug-likeness (QED) is 0.546. The van der Waals surface area contributed by atoms with Gasteiger partial charge in [-0.25, -0.2) is 4.39 Å². The summed E-state index contributed by atoms with van der Waals surface area (Å²) in [4.78, 5) is 25.5. The number of halogens is 1. The molecule has 0 heterocycles. The van der Waals surface area contributed by atoms with E-state index < -0.39 is 11.9 Å². The number of esters is 1. The number of likely N-dealkylation sites (N-methyl/N-ethyl adjacent to an activating group) is 1. The third-order valence-electron chi connectivity index (χ3n) is 3.37. The largest absolute Gasteiger partial charge is 0.455 e. The van der Waals surface area contributed by atoms with Crippen molar-refractivity contribution in [1.29, 1.82) is 0 Å². The monoisotopic (exact) mass is 321 g/mol. The summed E-state index contributed by atoms with van der Waals surface area (Å²) in [5.41, 5.74) is 1.59. The maximum atomic E-state index is 13.1. The summed E-state index contributed by atoms with van der Waals surface area (Å²) in [6.07, 6.45) is 0.369. The molecule has 0 saturated carbocycles. The van der Waals surface area contributed by atoms with Crippen LogP contribution in [0.25, 0.3) is 0 Å². The zero-order valence-electron chi connectivity index (χ0n) is 14.0. The van der Waals surface area contributed by atoms with Gasteiger partial charge in [0.05, 0.1) is 5.92 Å². The van der Waals surface area contributed by atoms with E-state index in [2.05, 4.69) is 6.58 Å². The maximum absolute atomic E-state index is 13.1. The van der Waals surface area contributed by atoms with Crippen molar-refractivity contribution < 1.29 is 18.7 Å². The summed E-state index contributed by atoms with van der Waals surface area (Å²) in [5, 5.41) is 0. The fourth-order valence-electron chi connectivity index (χ4n) is 2.17. The first-order chi connectivity index (χ1) is 10.8. The standard InChI is InChI=1S/C18H24FNO3/c1-5-20(11-13(2)3)17(21)12-23-18(22)14(4)9-15-7-6-8-16(19)10-15/h6-8,10,14H,2,5,9,11-12H2,1,3-4H3. The van der Waals surface area contributed by atoms with Gasteiger partial charge in [-0.1, -0.05) is 31.2 Å². The molecule has 0 aliphatic rings. The first kappa shape index (κ1) is 18.9. The van der Waals surface area contributed by atoms with Crippen LogP contribution in [0.15, 0.2) is 36.4 Å². The van der Waals surface area contributed by atoms with Crippen molar-refractivity contribution in [3.05, 3.63) is 47.8 Å². The van der Waals surface area contributed by atoms with Gasteiger partial charge in [0.2, 0.25) is 0 Å². The Balaban J connectivity index is 2.48. The highest BCUT2D eigenvalue weighted by atomic mass is 19.1. The topological polar surface area (TPSA) is 46.6 Å². The molecule has 0 spiro atoms. The van der Waals surface area contributed by atoms with Gasteiger partial charge in [0.1, 0.15) is 5.82 Å². The van der Waals surface area contributed by atoms with E-state index in [1.165, 1.54) is 12.1 Å². The van der Waals surface area contributed by atoms with Crippen LogP contribution in [-0.4, -0.2) is 36.5 Å². The Morgan fingerprint density at radius 2 is 2.09 bits per heavy atom. The number of carbonyl (C=O) groups is 2. The average molecular weight is 321 g/mol. The van der Waals surface area contributed by atoms with E-state index >= 15 is 0 Å². The molecule has 23 heavy (non-hydrogen) atoms. The highest BCUT2D eigenvalue weighted by Gasteiger charge is 2.19. The molecule has 0 saturated heterocycles. The van der Waals surface area contributed by atoms with Gasteiger partial charge in [-0.15, -0.1) is 0 Å². The van der Waals surface area contributed by atoms with Crippen molar-refractivity contribution in [2.24, 2.45) is 5.92 Å². The number of rotatable bonds is 8. The molecule has 5 heteroatoms. The van der Waals surface area contributed by atoms with E-state index in [4.69, 9.17) is 4.74 Å². The smallest absolute Gasteiger partial charge is 0.309 e. The predicted octanol–water partition coefficient (Wildman–Crippen LogP) is 2.97. The molecule has 0 bridgehead atoms. The number of benzene rings is 1. The molecule has 1 rings (SSSR count). The van der Waals surface area contributed by atoms with Crippen LogP contribution >= 0.6 is 0 Å². The van der Waals surface area contributed by atoms with Crippen molar-refractivity contribution in [3.8, 4) is 0 Å². The number of hydrogen-bond acceptors (Lipinski definition) is 3. The van der Waals surface area contributed by atoms with Gasteiger partial charge < -0.3 is 9.64 Å². The van der Waals surface area contributed by atoms with E-state index in [1.807, 2.05) is 13.8 Å². The first-order valence-corrected chi connectivity index (χ1v) is 7.66. The highest BCUT2D eigenvalue weighted by Crippen LogP contribution is 2.12. The molecular weight excluding hydrogens is 297 g/mol. The number of nitrogens with zero attached hydrogens (tertiary/aromatic N) is 1. The van der Waals surface area contributed by atoms with Crippen molar-refractivity contribution in [3.63, 3.8) is 0 Å². The fraction of sp³-hybridized carbons (Fsp3) is 0.444. The van der Waals surface area contributed by atoms with Crippen molar-refractivity contribution in [2.45, 2.75) is 27.2 Å². The molecule has 0 aromatic heterocycles. The van der Waals surface area contributed by atoms with E-state index in [1.54, 1.807) is 24.0 Å². The summed E-state index contributed by atoms with van der Waals surface area (Å²) in [6, 6.07) is 6.10. The minimum absolute atomic E-state index is 0.248. The lowest BCUT2D eigenvalue weighted by atomic mass is 10.0. The molecule has 0 aliphatic carbocycles. The molecule has 1 unspecified atom stereocenters. The Bertz CT molecular complexity index is 571. The van der Waals surface area contributed by atoms with Gasteiger partial charge in [-0.2, -0.15) is 0 Å². The minimum Gasteiger partial charge on any atom is -0.455 e. The van der Waals surface area contributed by atoms with Crippen LogP contribution < -0.4 is 0 Å². The lowest BCUT2D eigenvalue weighted by molar-refractivity contribution is -0.154. The summed E-state index contributed by atoms with van der Waals surface area (Å²) in [5.74, 6) is -1.49. The number of ether oxygens (including phenoxy) is 1. The van der Waals surface area contributed by atoms with Gasteiger partial charge in [0.25, 0.3) is 5.91 Å². The molecular formula is C18H24FNO3. The van der Waals surface area contributed by atoms with Gasteiger partial charge in [-0.3, -0.25) is 9.59 Å². The third-order valence-corrected chi connectivity index (χ3v) is 3.37. The third kappa shape index (κ3) is 6.63. The molecule has 1 amide bonds. The Morgan fingerprint density at radius 3 is 2.65 bits per heavy atom. The summed E-state index contributed by atoms with van der Waals surface area (Å²) in [7, 11) is 0. The van der Waals surface area contributed by atoms with Gasteiger partial charge in [0, 0.05) is 13.1 Å². The Hall–Kier alpha value is -2.17. The normalized spacial score (nSPS) is 11.7. The molecule has 0 N–H and O–H groups in total. The van der Waals surface area contributed by atoms with Crippen LogP contribution in [0.3, 0.4) is 0 Å². The number of carbonyl (C=O) groups excluding carboxylic acids is 2. The summed E-state index contributed by atoms with van der Waals surface area (Å²) < 4.78 is 18.2. The molecule has 0 radical (unpaired) electrons. The zero-order valence-corrected chi connectivity index (χ0v) is 14.0. The Morgan fingerprint density at radius 1 is 1.39 bits per heavy atom. The van der Waals surface area contributed by atoms with Gasteiger partial charge in [-0.05, 0) is 38.0 Å². The van der Waals surface area contributed by atoms with Gasteiger partial charge >= 0.3 is 5.97 Å². The summed E-state index contributed by atoms with van der Waals surface area (Å²) in [6.45, 7) is 9.86. The Labute approximate surface area is 136 Å². The second-order valence-electron chi connectivity index (χ2n) is 5.71. The number of amides is 1. The van der Waals surface area contributed by atoms with Crippen LogP contribution in [0.4, 0.5) is 4.39 Å². The molecule has 0 fully saturated rings. The van der Waals surface area contributed by atoms with Crippen molar-refractivity contribution >= 4 is 11.9 Å². The lowest BCUT2D eigenvalue weighted by Crippen LogP contribution is -2.36. The first-order valence-electron chi connectivity index (χ1n) is 7.66. The second kappa shape index (κ2) is 9.08. The molecule has 1 aromatic carbocycles. The maximum Gasteiger partial charge on any atom is 0.309 e. The van der Waals surface area contributed by atoms with E-state index in [-0.39, 0.29) is 18.3 Å². The van der Waals surface area contributed by atoms with E-state index in [0.717, 1.165) is 11.1 Å². The highest BCUT2D eigenvalue weighted by molar-refractivity contribution is 5.81. The number of hydrogen-bond donors (Lipinski definition) is 0. The molecule has 0 aliphatic heterocycles. The van der Waals surface area contributed by atoms with E-state index in [9.17, 15) is 14.0 Å². The van der Waals surface area contributed by atoms with Crippen LogP contribution in [0.2, 0.25) is 0 Å². The SMILES string of the molecule is C=C(C)CN(CC)C(=O)COC(=O)C(C)Cc1cccc(F)c1. The molecule has 4 nitrogen and oxygen atoms in total. The minimum atomic E-state index is -0.464. The average Bonchev–Trinajstić information content (AvgIpc) is 2.49. The molecule has 126 valence electrons. The van der Waals surface area contributed by atoms with Crippen LogP contribution in [0.5, 0.6) is 0 Å².